The maximum atomic E-state index is 12.6. The van der Waals surface area contributed by atoms with Gasteiger partial charge in [0.1, 0.15) is 0 Å². The van der Waals surface area contributed by atoms with E-state index in [2.05, 4.69) is 46.8 Å². The zero-order valence-electron chi connectivity index (χ0n) is 16.9. The van der Waals surface area contributed by atoms with E-state index in [4.69, 9.17) is 0 Å². The lowest BCUT2D eigenvalue weighted by atomic mass is 9.87. The average Bonchev–Trinajstić information content (AvgIpc) is 2.60. The average molecular weight is 337 g/mol. The Morgan fingerprint density at radius 1 is 0.800 bits per heavy atom. The minimum atomic E-state index is 0.108. The fourth-order valence-electron chi connectivity index (χ4n) is 2.87. The number of benzene rings is 2. The van der Waals surface area contributed by atoms with Gasteiger partial charge in [-0.2, -0.15) is 0 Å². The van der Waals surface area contributed by atoms with E-state index in [0.29, 0.717) is 0 Å². The Balaban J connectivity index is 0.000000970. The first kappa shape index (κ1) is 20.9. The van der Waals surface area contributed by atoms with Crippen LogP contribution in [0.25, 0.3) is 0 Å². The van der Waals surface area contributed by atoms with Gasteiger partial charge >= 0.3 is 0 Å². The summed E-state index contributed by atoms with van der Waals surface area (Å²) >= 11 is 0. The molecule has 0 spiro atoms. The highest BCUT2D eigenvalue weighted by atomic mass is 16.1. The summed E-state index contributed by atoms with van der Waals surface area (Å²) in [5.41, 5.74) is 8.04. The largest absolute Gasteiger partial charge is 0.289 e. The SMILES string of the molecule is CCC.Cc1c(C)c(C)c(C(=O)/C=C\Cc2ccccc2)c(C)c1C. The van der Waals surface area contributed by atoms with Gasteiger partial charge in [-0.1, -0.05) is 56.7 Å². The van der Waals surface area contributed by atoms with Crippen molar-refractivity contribution in [2.24, 2.45) is 0 Å². The van der Waals surface area contributed by atoms with Crippen LogP contribution in [0.1, 0.15) is 64.0 Å². The zero-order valence-corrected chi connectivity index (χ0v) is 16.9. The summed E-state index contributed by atoms with van der Waals surface area (Å²) in [4.78, 5) is 12.6. The number of hydrogen-bond acceptors (Lipinski definition) is 1. The minimum Gasteiger partial charge on any atom is -0.289 e. The molecule has 0 aromatic heterocycles. The Morgan fingerprint density at radius 2 is 1.24 bits per heavy atom. The number of carbonyl (C=O) groups is 1. The van der Waals surface area contributed by atoms with E-state index >= 15 is 0 Å². The molecule has 2 rings (SSSR count). The third-order valence-electron chi connectivity index (χ3n) is 4.71. The van der Waals surface area contributed by atoms with Crippen LogP contribution < -0.4 is 0 Å². The van der Waals surface area contributed by atoms with Crippen molar-refractivity contribution in [3.05, 3.63) is 81.4 Å². The van der Waals surface area contributed by atoms with E-state index in [1.807, 2.05) is 38.1 Å². The van der Waals surface area contributed by atoms with Crippen LogP contribution in [0.5, 0.6) is 0 Å². The fourth-order valence-corrected chi connectivity index (χ4v) is 2.87. The smallest absolute Gasteiger partial charge is 0.186 e. The summed E-state index contributed by atoms with van der Waals surface area (Å²) in [5.74, 6) is 0.108. The lowest BCUT2D eigenvalue weighted by Crippen LogP contribution is -2.07. The number of hydrogen-bond donors (Lipinski definition) is 0. The maximum absolute atomic E-state index is 12.6. The van der Waals surface area contributed by atoms with Crippen molar-refractivity contribution in [3.63, 3.8) is 0 Å². The van der Waals surface area contributed by atoms with Gasteiger partial charge in [-0.15, -0.1) is 0 Å². The summed E-state index contributed by atoms with van der Waals surface area (Å²) in [6.07, 6.45) is 5.71. The first-order chi connectivity index (χ1) is 11.8. The van der Waals surface area contributed by atoms with Crippen LogP contribution in [0.2, 0.25) is 0 Å². The molecular weight excluding hydrogens is 304 g/mol. The molecule has 0 aliphatic carbocycles. The van der Waals surface area contributed by atoms with Crippen molar-refractivity contribution >= 4 is 5.78 Å². The van der Waals surface area contributed by atoms with Crippen molar-refractivity contribution in [2.45, 2.75) is 61.3 Å². The quantitative estimate of drug-likeness (QED) is 0.452. The van der Waals surface area contributed by atoms with Crippen molar-refractivity contribution < 1.29 is 4.79 Å². The van der Waals surface area contributed by atoms with Gasteiger partial charge in [0.2, 0.25) is 0 Å². The third kappa shape index (κ3) is 5.42. The Morgan fingerprint density at radius 3 is 1.72 bits per heavy atom. The third-order valence-corrected chi connectivity index (χ3v) is 4.71. The second-order valence-electron chi connectivity index (χ2n) is 6.66. The first-order valence-electron chi connectivity index (χ1n) is 9.16. The second kappa shape index (κ2) is 9.98. The van der Waals surface area contributed by atoms with Crippen LogP contribution in [0.15, 0.2) is 42.5 Å². The van der Waals surface area contributed by atoms with Gasteiger partial charge in [-0.05, 0) is 80.5 Å². The predicted molar refractivity (Wildman–Crippen MR) is 110 cm³/mol. The van der Waals surface area contributed by atoms with E-state index in [1.165, 1.54) is 28.7 Å². The Hall–Kier alpha value is -2.15. The normalized spacial score (nSPS) is 10.5. The van der Waals surface area contributed by atoms with Gasteiger partial charge in [-0.3, -0.25) is 4.79 Å². The van der Waals surface area contributed by atoms with Gasteiger partial charge in [0.25, 0.3) is 0 Å². The summed E-state index contributed by atoms with van der Waals surface area (Å²) in [6, 6.07) is 10.2. The summed E-state index contributed by atoms with van der Waals surface area (Å²) < 4.78 is 0. The van der Waals surface area contributed by atoms with Crippen LogP contribution in [-0.2, 0) is 6.42 Å². The molecule has 0 aliphatic heterocycles. The Bertz CT molecular complexity index is 707. The molecule has 0 unspecified atom stereocenters. The van der Waals surface area contributed by atoms with Crippen molar-refractivity contribution in [1.29, 1.82) is 0 Å². The van der Waals surface area contributed by atoms with Gasteiger partial charge in [-0.25, -0.2) is 0 Å². The predicted octanol–water partition coefficient (Wildman–Crippen LogP) is 6.63. The van der Waals surface area contributed by atoms with Crippen LogP contribution in [-0.4, -0.2) is 5.78 Å². The van der Waals surface area contributed by atoms with Crippen LogP contribution in [0.4, 0.5) is 0 Å². The highest BCUT2D eigenvalue weighted by Gasteiger charge is 2.16. The molecular formula is C24H32O. The summed E-state index contributed by atoms with van der Waals surface area (Å²) in [6.45, 7) is 14.7. The summed E-state index contributed by atoms with van der Waals surface area (Å²) in [5, 5.41) is 0. The minimum absolute atomic E-state index is 0.108. The van der Waals surface area contributed by atoms with Crippen LogP contribution in [0, 0.1) is 34.6 Å². The van der Waals surface area contributed by atoms with Crippen molar-refractivity contribution in [3.8, 4) is 0 Å². The fraction of sp³-hybridized carbons (Fsp3) is 0.375. The number of rotatable bonds is 4. The molecule has 134 valence electrons. The molecule has 0 N–H and O–H groups in total. The van der Waals surface area contributed by atoms with E-state index in [1.54, 1.807) is 6.08 Å². The molecule has 0 atom stereocenters. The van der Waals surface area contributed by atoms with Gasteiger partial charge < -0.3 is 0 Å². The number of carbonyl (C=O) groups excluding carboxylic acids is 1. The van der Waals surface area contributed by atoms with Crippen molar-refractivity contribution in [1.82, 2.24) is 0 Å². The monoisotopic (exact) mass is 336 g/mol. The highest BCUT2D eigenvalue weighted by Crippen LogP contribution is 2.26. The number of allylic oxidation sites excluding steroid dienone is 2. The molecule has 1 heteroatoms. The molecule has 0 saturated heterocycles. The molecule has 0 amide bonds. The molecule has 0 saturated carbocycles. The second-order valence-corrected chi connectivity index (χ2v) is 6.66. The standard InChI is InChI=1S/C21H24O.C3H8/c1-14-15(2)17(4)21(18(5)16(14)3)20(22)13-9-12-19-10-7-6-8-11-19;1-3-2/h6-11,13H,12H2,1-5H3;3H2,1-2H3/b13-9-;. The van der Waals surface area contributed by atoms with Gasteiger partial charge in [0.15, 0.2) is 5.78 Å². The molecule has 0 bridgehead atoms. The molecule has 2 aromatic rings. The van der Waals surface area contributed by atoms with Crippen molar-refractivity contribution in [2.75, 3.05) is 0 Å². The van der Waals surface area contributed by atoms with Crippen LogP contribution in [0.3, 0.4) is 0 Å². The highest BCUT2D eigenvalue weighted by molar-refractivity contribution is 6.07. The molecule has 2 aromatic carbocycles. The van der Waals surface area contributed by atoms with E-state index in [-0.39, 0.29) is 5.78 Å². The van der Waals surface area contributed by atoms with Crippen LogP contribution >= 0.6 is 0 Å². The van der Waals surface area contributed by atoms with Gasteiger partial charge in [0.05, 0.1) is 0 Å². The van der Waals surface area contributed by atoms with E-state index in [9.17, 15) is 4.79 Å². The Labute approximate surface area is 153 Å². The number of ketones is 1. The molecule has 1 nitrogen and oxygen atoms in total. The van der Waals surface area contributed by atoms with E-state index in [0.717, 1.165) is 23.1 Å². The molecule has 0 heterocycles. The zero-order chi connectivity index (χ0) is 19.0. The molecule has 0 radical (unpaired) electrons. The molecule has 25 heavy (non-hydrogen) atoms. The lowest BCUT2D eigenvalue weighted by molar-refractivity contribution is 0.104. The molecule has 0 fully saturated rings. The summed E-state index contributed by atoms with van der Waals surface area (Å²) in [7, 11) is 0. The van der Waals surface area contributed by atoms with Gasteiger partial charge in [0, 0.05) is 5.56 Å². The topological polar surface area (TPSA) is 17.1 Å². The van der Waals surface area contributed by atoms with E-state index < -0.39 is 0 Å². The molecule has 0 aliphatic rings. The lowest BCUT2D eigenvalue weighted by Gasteiger charge is -2.16. The Kier molecular flexibility index (Phi) is 8.34. The maximum Gasteiger partial charge on any atom is 0.186 e. The first-order valence-corrected chi connectivity index (χ1v) is 9.16.